The third-order valence-corrected chi connectivity index (χ3v) is 9.86. The highest BCUT2D eigenvalue weighted by molar-refractivity contribution is 6.14. The average Bonchev–Trinajstić information content (AvgIpc) is 3.44. The highest BCUT2D eigenvalue weighted by atomic mass is 16.5. The number of fused-ring (bicyclic) bond motifs is 7. The largest absolute Gasteiger partial charge is 0.457 e. The minimum absolute atomic E-state index is 0.437. The molecule has 9 rings (SSSR count). The Bertz CT molecular complexity index is 2230. The van der Waals surface area contributed by atoms with Crippen LogP contribution in [0.5, 0.6) is 0 Å². The number of rotatable bonds is 5. The van der Waals surface area contributed by atoms with Crippen molar-refractivity contribution in [2.24, 2.45) is 4.99 Å². The van der Waals surface area contributed by atoms with E-state index in [1.165, 1.54) is 39.0 Å². The lowest BCUT2D eigenvalue weighted by atomic mass is 9.64. The number of hydrogen-bond acceptors (Lipinski definition) is 5. The number of benzene rings is 5. The first-order valence-electron chi connectivity index (χ1n) is 16.3. The molecule has 5 nitrogen and oxygen atoms in total. The lowest BCUT2D eigenvalue weighted by molar-refractivity contribution is 0.290. The second-order valence-electron chi connectivity index (χ2n) is 12.4. The standard InChI is InChI=1S/C43H32N4O/c44-42(30-8-2-1-3-9-30)34-11-5-7-13-39(34)47-25-28-14-16-29(17-15-28)31-18-19-33-32-10-4-6-12-35(32)43(36(33)24-31)37-26-45-22-20-40(37)48-41-21-23-46-27-38(41)43/h1-25,44-46H,26-27H2/b44-42?,47-25+. The van der Waals surface area contributed by atoms with Crippen LogP contribution >= 0.6 is 0 Å². The highest BCUT2D eigenvalue weighted by Gasteiger charge is 2.53. The monoisotopic (exact) mass is 620 g/mol. The van der Waals surface area contributed by atoms with Crippen LogP contribution in [-0.4, -0.2) is 25.0 Å². The Morgan fingerprint density at radius 3 is 2.08 bits per heavy atom. The molecule has 4 aliphatic rings. The predicted molar refractivity (Wildman–Crippen MR) is 194 cm³/mol. The summed E-state index contributed by atoms with van der Waals surface area (Å²) in [7, 11) is 0. The van der Waals surface area contributed by atoms with Crippen molar-refractivity contribution in [3.8, 4) is 22.3 Å². The van der Waals surface area contributed by atoms with Crippen LogP contribution in [0, 0.1) is 5.41 Å². The molecule has 3 heterocycles. The van der Waals surface area contributed by atoms with Gasteiger partial charge in [-0.1, -0.05) is 109 Å². The fraction of sp³-hybridized carbons (Fsp3) is 0.0698. The maximum atomic E-state index is 8.79. The number of nitrogens with one attached hydrogen (secondary N) is 3. The van der Waals surface area contributed by atoms with Crippen LogP contribution in [0.1, 0.15) is 27.8 Å². The Balaban J connectivity index is 1.09. The summed E-state index contributed by atoms with van der Waals surface area (Å²) in [6, 6.07) is 42.0. The van der Waals surface area contributed by atoms with E-state index in [1.807, 2.05) is 73.2 Å². The van der Waals surface area contributed by atoms with Gasteiger partial charge in [-0.25, -0.2) is 0 Å². The van der Waals surface area contributed by atoms with Gasteiger partial charge in [0.1, 0.15) is 11.5 Å². The van der Waals surface area contributed by atoms with Gasteiger partial charge in [-0.05, 0) is 63.2 Å². The van der Waals surface area contributed by atoms with Crippen LogP contribution in [-0.2, 0) is 10.2 Å². The molecule has 1 spiro atoms. The molecule has 5 aromatic rings. The highest BCUT2D eigenvalue weighted by Crippen LogP contribution is 2.60. The van der Waals surface area contributed by atoms with Crippen molar-refractivity contribution in [2.45, 2.75) is 5.41 Å². The van der Waals surface area contributed by atoms with Crippen LogP contribution in [0.4, 0.5) is 5.69 Å². The van der Waals surface area contributed by atoms with Crippen LogP contribution in [0.2, 0.25) is 0 Å². The van der Waals surface area contributed by atoms with Gasteiger partial charge in [-0.3, -0.25) is 10.4 Å². The third kappa shape index (κ3) is 4.32. The van der Waals surface area contributed by atoms with Gasteiger partial charge < -0.3 is 15.4 Å². The van der Waals surface area contributed by atoms with Gasteiger partial charge in [-0.2, -0.15) is 0 Å². The smallest absolute Gasteiger partial charge is 0.131 e. The zero-order valence-corrected chi connectivity index (χ0v) is 26.2. The van der Waals surface area contributed by atoms with E-state index < -0.39 is 5.41 Å². The van der Waals surface area contributed by atoms with E-state index in [4.69, 9.17) is 15.1 Å². The molecule has 5 heteroatoms. The van der Waals surface area contributed by atoms with Gasteiger partial charge >= 0.3 is 0 Å². The molecule has 0 radical (unpaired) electrons. The first kappa shape index (κ1) is 28.1. The lowest BCUT2D eigenvalue weighted by Crippen LogP contribution is -2.43. The van der Waals surface area contributed by atoms with Gasteiger partial charge in [0, 0.05) is 54.0 Å². The SMILES string of the molecule is N=C(c1ccccc1)c1ccccc1/N=C/c1ccc(-c2ccc3c(c2)C2(C4=C(C=CNC4)OC4=C2CNC=C4)c2ccccc2-3)cc1. The molecular formula is C43H32N4O. The Kier molecular flexibility index (Phi) is 6.57. The Morgan fingerprint density at radius 1 is 0.667 bits per heavy atom. The van der Waals surface area contributed by atoms with Gasteiger partial charge in [-0.15, -0.1) is 0 Å². The summed E-state index contributed by atoms with van der Waals surface area (Å²) in [4.78, 5) is 4.82. The van der Waals surface area contributed by atoms with E-state index in [0.717, 1.165) is 39.5 Å². The fourth-order valence-corrected chi connectivity index (χ4v) is 7.67. The number of allylic oxidation sites excluding steroid dienone is 2. The molecule has 0 aromatic heterocycles. The molecule has 0 unspecified atom stereocenters. The number of dihydropyridines is 2. The number of nitrogens with zero attached hydrogens (tertiary/aromatic N) is 1. The first-order chi connectivity index (χ1) is 23.7. The number of hydrogen-bond donors (Lipinski definition) is 3. The van der Waals surface area contributed by atoms with E-state index in [1.54, 1.807) is 0 Å². The van der Waals surface area contributed by atoms with Crippen LogP contribution in [0.25, 0.3) is 22.3 Å². The van der Waals surface area contributed by atoms with E-state index in [-0.39, 0.29) is 0 Å². The van der Waals surface area contributed by atoms with Crippen LogP contribution < -0.4 is 10.6 Å². The molecular weight excluding hydrogens is 589 g/mol. The third-order valence-electron chi connectivity index (χ3n) is 9.86. The van der Waals surface area contributed by atoms with Crippen molar-refractivity contribution in [3.63, 3.8) is 0 Å². The molecule has 0 atom stereocenters. The zero-order chi connectivity index (χ0) is 32.1. The summed E-state index contributed by atoms with van der Waals surface area (Å²) in [6.07, 6.45) is 9.98. The Labute approximate surface area is 279 Å². The molecule has 0 saturated heterocycles. The van der Waals surface area contributed by atoms with Gasteiger partial charge in [0.2, 0.25) is 0 Å². The maximum absolute atomic E-state index is 8.79. The quantitative estimate of drug-likeness (QED) is 0.173. The molecule has 0 fully saturated rings. The summed E-state index contributed by atoms with van der Waals surface area (Å²) in [5.41, 5.74) is 13.4. The normalized spacial score (nSPS) is 16.5. The zero-order valence-electron chi connectivity index (χ0n) is 26.2. The topological polar surface area (TPSA) is 69.5 Å². The molecule has 48 heavy (non-hydrogen) atoms. The minimum atomic E-state index is -0.437. The maximum Gasteiger partial charge on any atom is 0.131 e. The van der Waals surface area contributed by atoms with Crippen LogP contribution in [0.15, 0.2) is 174 Å². The second-order valence-corrected chi connectivity index (χ2v) is 12.4. The van der Waals surface area contributed by atoms with E-state index in [2.05, 4.69) is 89.5 Å². The van der Waals surface area contributed by atoms with Gasteiger partial charge in [0.25, 0.3) is 0 Å². The van der Waals surface area contributed by atoms with Crippen molar-refractivity contribution in [3.05, 3.63) is 196 Å². The second kappa shape index (κ2) is 11.2. The molecule has 230 valence electrons. The molecule has 5 aromatic carbocycles. The lowest BCUT2D eigenvalue weighted by Gasteiger charge is -2.44. The van der Waals surface area contributed by atoms with Crippen molar-refractivity contribution in [2.75, 3.05) is 13.1 Å². The first-order valence-corrected chi connectivity index (χ1v) is 16.3. The average molecular weight is 621 g/mol. The summed E-state index contributed by atoms with van der Waals surface area (Å²) >= 11 is 0. The molecule has 3 N–H and O–H groups in total. The van der Waals surface area contributed by atoms with Crippen LogP contribution in [0.3, 0.4) is 0 Å². The molecule has 1 aliphatic carbocycles. The van der Waals surface area contributed by atoms with Crippen molar-refractivity contribution < 1.29 is 4.74 Å². The Morgan fingerprint density at radius 2 is 1.31 bits per heavy atom. The summed E-state index contributed by atoms with van der Waals surface area (Å²) in [5, 5.41) is 15.8. The summed E-state index contributed by atoms with van der Waals surface area (Å²) in [5.74, 6) is 1.85. The van der Waals surface area contributed by atoms with E-state index in [9.17, 15) is 0 Å². The van der Waals surface area contributed by atoms with Gasteiger partial charge in [0.15, 0.2) is 0 Å². The predicted octanol–water partition coefficient (Wildman–Crippen LogP) is 8.56. The molecule has 0 saturated carbocycles. The number of aliphatic imine (C=N–C) groups is 1. The van der Waals surface area contributed by atoms with Crippen molar-refractivity contribution in [1.29, 1.82) is 5.41 Å². The summed E-state index contributed by atoms with van der Waals surface area (Å²) < 4.78 is 6.52. The fourth-order valence-electron chi connectivity index (χ4n) is 7.67. The Hall–Kier alpha value is -6.20. The molecule has 0 amide bonds. The van der Waals surface area contributed by atoms with E-state index >= 15 is 0 Å². The minimum Gasteiger partial charge on any atom is -0.457 e. The van der Waals surface area contributed by atoms with Crippen molar-refractivity contribution >= 4 is 17.6 Å². The van der Waals surface area contributed by atoms with E-state index in [0.29, 0.717) is 18.8 Å². The molecule has 3 aliphatic heterocycles. The number of para-hydroxylation sites is 1. The number of ether oxygens (including phenoxy) is 1. The van der Waals surface area contributed by atoms with Gasteiger partial charge in [0.05, 0.1) is 16.8 Å². The molecule has 0 bridgehead atoms. The van der Waals surface area contributed by atoms with Crippen molar-refractivity contribution in [1.82, 2.24) is 10.6 Å². The summed E-state index contributed by atoms with van der Waals surface area (Å²) in [6.45, 7) is 1.43.